The van der Waals surface area contributed by atoms with E-state index in [2.05, 4.69) is 39.8 Å². The van der Waals surface area contributed by atoms with Crippen LogP contribution in [0.5, 0.6) is 0 Å². The van der Waals surface area contributed by atoms with Gasteiger partial charge in [0.1, 0.15) is 0 Å². The van der Waals surface area contributed by atoms with Gasteiger partial charge in [-0.05, 0) is 26.4 Å². The second-order valence-corrected chi connectivity index (χ2v) is 3.56. The highest BCUT2D eigenvalue weighted by atomic mass is 15.1. The Bertz CT molecular complexity index is 69.1. The minimum absolute atomic E-state index is 0.769. The molecule has 0 aliphatic rings. The molecule has 0 fully saturated rings. The van der Waals surface area contributed by atoms with E-state index in [9.17, 15) is 0 Å². The molecule has 0 amide bonds. The minimum atomic E-state index is 0.769. The average Bonchev–Trinajstić information content (AvgIpc) is 2.03. The Morgan fingerprint density at radius 2 is 1.50 bits per heavy atom. The molecule has 0 radical (unpaired) electrons. The summed E-state index contributed by atoms with van der Waals surface area (Å²) in [6, 6.07) is 0.769. The largest absolute Gasteiger partial charge is 0.306 e. The van der Waals surface area contributed by atoms with E-state index >= 15 is 0 Å². The molecule has 0 aromatic carbocycles. The van der Waals surface area contributed by atoms with Crippen molar-refractivity contribution >= 4 is 0 Å². The minimum Gasteiger partial charge on any atom is -0.306 e. The van der Waals surface area contributed by atoms with Crippen LogP contribution in [-0.4, -0.2) is 25.0 Å². The van der Waals surface area contributed by atoms with E-state index in [0.29, 0.717) is 0 Å². The number of nitrogens with zero attached hydrogens (tertiary/aromatic N) is 1. The molecule has 0 saturated heterocycles. The molecule has 0 heterocycles. The van der Waals surface area contributed by atoms with Crippen LogP contribution in [0.1, 0.15) is 47.5 Å². The van der Waals surface area contributed by atoms with Gasteiger partial charge in [0.15, 0.2) is 0 Å². The van der Waals surface area contributed by atoms with E-state index in [1.54, 1.807) is 0 Å². The summed E-state index contributed by atoms with van der Waals surface area (Å²) in [7, 11) is 4.33. The number of rotatable bonds is 4. The van der Waals surface area contributed by atoms with Crippen LogP contribution >= 0.6 is 0 Å². The molecule has 0 N–H and O–H groups in total. The Labute approximate surface area is 79.2 Å². The SMILES string of the molecule is CC.CCCC(C(C)C)N(C)C. The lowest BCUT2D eigenvalue weighted by atomic mass is 9.99. The van der Waals surface area contributed by atoms with Gasteiger partial charge in [-0.1, -0.05) is 41.0 Å². The fourth-order valence-electron chi connectivity index (χ4n) is 1.48. The van der Waals surface area contributed by atoms with Gasteiger partial charge in [-0.2, -0.15) is 0 Å². The predicted octanol–water partition coefficient (Wildman–Crippen LogP) is 3.40. The van der Waals surface area contributed by atoms with E-state index in [1.807, 2.05) is 13.8 Å². The average molecular weight is 173 g/mol. The third-order valence-electron chi connectivity index (χ3n) is 2.02. The quantitative estimate of drug-likeness (QED) is 0.630. The second-order valence-electron chi connectivity index (χ2n) is 3.56. The number of hydrogen-bond acceptors (Lipinski definition) is 1. The van der Waals surface area contributed by atoms with E-state index in [-0.39, 0.29) is 0 Å². The normalized spacial score (nSPS) is 12.8. The van der Waals surface area contributed by atoms with E-state index in [4.69, 9.17) is 0 Å². The lowest BCUT2D eigenvalue weighted by Gasteiger charge is -2.27. The Morgan fingerprint density at radius 1 is 1.08 bits per heavy atom. The van der Waals surface area contributed by atoms with Crippen LogP contribution in [0.4, 0.5) is 0 Å². The molecule has 0 aliphatic carbocycles. The molecule has 0 spiro atoms. The van der Waals surface area contributed by atoms with Crippen LogP contribution in [0.15, 0.2) is 0 Å². The van der Waals surface area contributed by atoms with Crippen molar-refractivity contribution in [3.8, 4) is 0 Å². The van der Waals surface area contributed by atoms with Gasteiger partial charge in [-0.25, -0.2) is 0 Å². The van der Waals surface area contributed by atoms with Gasteiger partial charge in [0.25, 0.3) is 0 Å². The maximum atomic E-state index is 2.33. The maximum Gasteiger partial charge on any atom is 0.0112 e. The highest BCUT2D eigenvalue weighted by Crippen LogP contribution is 2.12. The molecule has 0 aromatic heterocycles. The van der Waals surface area contributed by atoms with Crippen molar-refractivity contribution in [2.45, 2.75) is 53.5 Å². The molecule has 0 aromatic rings. The summed E-state index contributed by atoms with van der Waals surface area (Å²) in [5.41, 5.74) is 0. The zero-order valence-corrected chi connectivity index (χ0v) is 10.0. The van der Waals surface area contributed by atoms with E-state index in [0.717, 1.165) is 12.0 Å². The zero-order valence-electron chi connectivity index (χ0n) is 10.0. The summed E-state index contributed by atoms with van der Waals surface area (Å²) in [5.74, 6) is 0.787. The monoisotopic (exact) mass is 173 g/mol. The van der Waals surface area contributed by atoms with Gasteiger partial charge in [-0.15, -0.1) is 0 Å². The summed E-state index contributed by atoms with van der Waals surface area (Å²) in [5, 5.41) is 0. The summed E-state index contributed by atoms with van der Waals surface area (Å²) in [6.45, 7) is 10.8. The summed E-state index contributed by atoms with van der Waals surface area (Å²) in [4.78, 5) is 2.33. The highest BCUT2D eigenvalue weighted by molar-refractivity contribution is 4.68. The van der Waals surface area contributed by atoms with Crippen LogP contribution in [0.2, 0.25) is 0 Å². The van der Waals surface area contributed by atoms with Crippen LogP contribution in [0.25, 0.3) is 0 Å². The molecule has 1 atom stereocenters. The van der Waals surface area contributed by atoms with Gasteiger partial charge in [0.2, 0.25) is 0 Å². The Kier molecular flexibility index (Phi) is 10.9. The summed E-state index contributed by atoms with van der Waals surface area (Å²) in [6.07, 6.45) is 2.62. The molecule has 1 heteroatoms. The first-order chi connectivity index (χ1) is 5.59. The Hall–Kier alpha value is -0.0400. The van der Waals surface area contributed by atoms with Gasteiger partial charge >= 0.3 is 0 Å². The predicted molar refractivity (Wildman–Crippen MR) is 58.6 cm³/mol. The number of hydrogen-bond donors (Lipinski definition) is 0. The van der Waals surface area contributed by atoms with Gasteiger partial charge in [0.05, 0.1) is 0 Å². The van der Waals surface area contributed by atoms with E-state index < -0.39 is 0 Å². The maximum absolute atomic E-state index is 2.33. The molecule has 0 bridgehead atoms. The molecular weight excluding hydrogens is 146 g/mol. The Balaban J connectivity index is 0. The highest BCUT2D eigenvalue weighted by Gasteiger charge is 2.13. The first kappa shape index (κ1) is 14.5. The van der Waals surface area contributed by atoms with Crippen molar-refractivity contribution in [1.82, 2.24) is 4.90 Å². The van der Waals surface area contributed by atoms with Crippen LogP contribution in [0, 0.1) is 5.92 Å². The van der Waals surface area contributed by atoms with Crippen LogP contribution in [0.3, 0.4) is 0 Å². The summed E-state index contributed by atoms with van der Waals surface area (Å²) >= 11 is 0. The Morgan fingerprint density at radius 3 is 1.58 bits per heavy atom. The molecule has 1 nitrogen and oxygen atoms in total. The first-order valence-electron chi connectivity index (χ1n) is 5.26. The molecule has 76 valence electrons. The van der Waals surface area contributed by atoms with Crippen molar-refractivity contribution in [3.63, 3.8) is 0 Å². The molecule has 0 saturated carbocycles. The van der Waals surface area contributed by atoms with Crippen molar-refractivity contribution < 1.29 is 0 Å². The van der Waals surface area contributed by atoms with Crippen LogP contribution < -0.4 is 0 Å². The molecular formula is C11H27N. The lowest BCUT2D eigenvalue weighted by molar-refractivity contribution is 0.217. The topological polar surface area (TPSA) is 3.24 Å². The van der Waals surface area contributed by atoms with Crippen molar-refractivity contribution in [3.05, 3.63) is 0 Å². The molecule has 0 aliphatic heterocycles. The second kappa shape index (κ2) is 9.05. The van der Waals surface area contributed by atoms with Crippen molar-refractivity contribution in [1.29, 1.82) is 0 Å². The van der Waals surface area contributed by atoms with Gasteiger partial charge in [-0.3, -0.25) is 0 Å². The fourth-order valence-corrected chi connectivity index (χ4v) is 1.48. The molecule has 12 heavy (non-hydrogen) atoms. The van der Waals surface area contributed by atoms with Crippen molar-refractivity contribution in [2.75, 3.05) is 14.1 Å². The third-order valence-corrected chi connectivity index (χ3v) is 2.02. The van der Waals surface area contributed by atoms with Crippen LogP contribution in [-0.2, 0) is 0 Å². The summed E-state index contributed by atoms with van der Waals surface area (Å²) < 4.78 is 0. The van der Waals surface area contributed by atoms with Gasteiger partial charge < -0.3 is 4.90 Å². The molecule has 1 unspecified atom stereocenters. The fraction of sp³-hybridized carbons (Fsp3) is 1.00. The molecule has 0 rings (SSSR count). The zero-order chi connectivity index (χ0) is 10.1. The van der Waals surface area contributed by atoms with Crippen molar-refractivity contribution in [2.24, 2.45) is 5.92 Å². The third kappa shape index (κ3) is 6.66. The smallest absolute Gasteiger partial charge is 0.0112 e. The lowest BCUT2D eigenvalue weighted by Crippen LogP contribution is -2.32. The first-order valence-corrected chi connectivity index (χ1v) is 5.26. The standard InChI is InChI=1S/C9H21N.C2H6/c1-6-7-9(8(2)3)10(4)5;1-2/h8-9H,6-7H2,1-5H3;1-2H3. The van der Waals surface area contributed by atoms with Gasteiger partial charge in [0, 0.05) is 6.04 Å². The van der Waals surface area contributed by atoms with E-state index in [1.165, 1.54) is 12.8 Å².